The van der Waals surface area contributed by atoms with Gasteiger partial charge in [-0.3, -0.25) is 9.78 Å². The van der Waals surface area contributed by atoms with Crippen molar-refractivity contribution in [3.05, 3.63) is 47.8 Å². The minimum absolute atomic E-state index is 0.347. The van der Waals surface area contributed by atoms with Crippen molar-refractivity contribution in [1.82, 2.24) is 4.98 Å². The number of rotatable bonds is 3. The maximum atomic E-state index is 11.5. The first-order valence-electron chi connectivity index (χ1n) is 6.53. The molecule has 0 aliphatic carbocycles. The molecule has 1 aromatic carbocycles. The van der Waals surface area contributed by atoms with Crippen LogP contribution in [0.3, 0.4) is 0 Å². The predicted octanol–water partition coefficient (Wildman–Crippen LogP) is 1.73. The van der Waals surface area contributed by atoms with E-state index in [0.717, 1.165) is 5.69 Å². The second-order valence-corrected chi connectivity index (χ2v) is 4.62. The summed E-state index contributed by atoms with van der Waals surface area (Å²) >= 11 is 0. The molecule has 1 aliphatic heterocycles. The topological polar surface area (TPSA) is 86.5 Å². The Hall–Kier alpha value is -2.76. The second kappa shape index (κ2) is 5.32. The molecule has 6 heteroatoms. The Morgan fingerprint density at radius 3 is 3.05 bits per heavy atom. The maximum absolute atomic E-state index is 11.5. The van der Waals surface area contributed by atoms with Crippen LogP contribution in [0.4, 0.5) is 5.69 Å². The number of hydrogen-bond acceptors (Lipinski definition) is 5. The third-order valence-electron chi connectivity index (χ3n) is 3.34. The van der Waals surface area contributed by atoms with Crippen molar-refractivity contribution in [3.8, 4) is 11.5 Å². The molecule has 3 N–H and O–H groups in total. The summed E-state index contributed by atoms with van der Waals surface area (Å²) in [6.07, 6.45) is 1.32. The molecule has 1 aliphatic rings. The van der Waals surface area contributed by atoms with E-state index < -0.39 is 5.91 Å². The molecule has 2 heterocycles. The largest absolute Gasteiger partial charge is 0.495 e. The molecule has 0 bridgehead atoms. The number of aromatic nitrogens is 1. The van der Waals surface area contributed by atoms with E-state index in [1.807, 2.05) is 12.1 Å². The number of anilines is 1. The van der Waals surface area contributed by atoms with E-state index in [4.69, 9.17) is 15.2 Å². The molecule has 21 heavy (non-hydrogen) atoms. The lowest BCUT2D eigenvalue weighted by molar-refractivity contribution is 0.0992. The van der Waals surface area contributed by atoms with Gasteiger partial charge in [-0.25, -0.2) is 0 Å². The molecule has 2 aromatic rings. The second-order valence-electron chi connectivity index (χ2n) is 4.62. The first kappa shape index (κ1) is 13.2. The lowest BCUT2D eigenvalue weighted by atomic mass is 10.1. The molecular weight excluding hydrogens is 270 g/mol. The summed E-state index contributed by atoms with van der Waals surface area (Å²) < 4.78 is 11.2. The average molecular weight is 285 g/mol. The molecule has 0 saturated heterocycles. The summed E-state index contributed by atoms with van der Waals surface area (Å²) in [5, 5.41) is 3.23. The van der Waals surface area contributed by atoms with Gasteiger partial charge in [-0.15, -0.1) is 0 Å². The van der Waals surface area contributed by atoms with Gasteiger partial charge in [0.25, 0.3) is 5.91 Å². The Kier molecular flexibility index (Phi) is 3.35. The Morgan fingerprint density at radius 1 is 1.43 bits per heavy atom. The number of para-hydroxylation sites is 1. The van der Waals surface area contributed by atoms with Gasteiger partial charge in [0.05, 0.1) is 24.9 Å². The third kappa shape index (κ3) is 2.35. The highest BCUT2D eigenvalue weighted by Gasteiger charge is 2.27. The summed E-state index contributed by atoms with van der Waals surface area (Å²) in [5.41, 5.74) is 7.16. The van der Waals surface area contributed by atoms with E-state index in [1.54, 1.807) is 31.5 Å². The highest BCUT2D eigenvalue weighted by atomic mass is 16.5. The van der Waals surface area contributed by atoms with Crippen LogP contribution in [0.25, 0.3) is 0 Å². The van der Waals surface area contributed by atoms with Gasteiger partial charge in [-0.2, -0.15) is 0 Å². The average Bonchev–Trinajstić information content (AvgIpc) is 2.53. The van der Waals surface area contributed by atoms with E-state index in [-0.39, 0.29) is 6.10 Å². The van der Waals surface area contributed by atoms with Gasteiger partial charge in [-0.1, -0.05) is 6.07 Å². The number of pyridine rings is 1. The van der Waals surface area contributed by atoms with E-state index in [0.29, 0.717) is 29.3 Å². The van der Waals surface area contributed by atoms with Crippen LogP contribution in [0, 0.1) is 0 Å². The highest BCUT2D eigenvalue weighted by molar-refractivity contribution is 5.97. The molecule has 0 saturated carbocycles. The zero-order valence-electron chi connectivity index (χ0n) is 11.5. The summed E-state index contributed by atoms with van der Waals surface area (Å²) in [4.78, 5) is 15.8. The van der Waals surface area contributed by atoms with Gasteiger partial charge in [0.2, 0.25) is 0 Å². The van der Waals surface area contributed by atoms with Crippen LogP contribution >= 0.6 is 0 Å². The number of carbonyl (C=O) groups is 1. The zero-order chi connectivity index (χ0) is 14.8. The molecule has 0 spiro atoms. The van der Waals surface area contributed by atoms with Crippen molar-refractivity contribution in [2.45, 2.75) is 6.10 Å². The fraction of sp³-hybridized carbons (Fsp3) is 0.200. The molecule has 1 aromatic heterocycles. The van der Waals surface area contributed by atoms with Crippen LogP contribution in [0.5, 0.6) is 11.5 Å². The van der Waals surface area contributed by atoms with Crippen LogP contribution < -0.4 is 20.5 Å². The normalized spacial score (nSPS) is 16.3. The van der Waals surface area contributed by atoms with Crippen molar-refractivity contribution in [2.75, 3.05) is 19.0 Å². The number of nitrogens with zero attached hydrogens (tertiary/aromatic N) is 1. The standard InChI is InChI=1S/C15H15N3O3/c1-20-11-6-3-7-17-13(11)12-8-18-10-5-2-4-9(15(16)19)14(10)21-12/h2-7,12,18H,8H2,1H3,(H2,16,19). The van der Waals surface area contributed by atoms with Crippen molar-refractivity contribution >= 4 is 11.6 Å². The number of nitrogens with one attached hydrogen (secondary N) is 1. The number of nitrogens with two attached hydrogens (primary N) is 1. The van der Waals surface area contributed by atoms with Crippen LogP contribution in [0.15, 0.2) is 36.5 Å². The van der Waals surface area contributed by atoms with Gasteiger partial charge >= 0.3 is 0 Å². The monoisotopic (exact) mass is 285 g/mol. The number of ether oxygens (including phenoxy) is 2. The van der Waals surface area contributed by atoms with E-state index in [9.17, 15) is 4.79 Å². The van der Waals surface area contributed by atoms with Crippen LogP contribution in [-0.2, 0) is 0 Å². The minimum Gasteiger partial charge on any atom is -0.495 e. The van der Waals surface area contributed by atoms with Gasteiger partial charge in [0.1, 0.15) is 11.4 Å². The quantitative estimate of drug-likeness (QED) is 0.897. The summed E-state index contributed by atoms with van der Waals surface area (Å²) in [7, 11) is 1.58. The van der Waals surface area contributed by atoms with Gasteiger partial charge in [0.15, 0.2) is 11.9 Å². The highest BCUT2D eigenvalue weighted by Crippen LogP contribution is 2.38. The number of carbonyl (C=O) groups excluding carboxylic acids is 1. The van der Waals surface area contributed by atoms with E-state index >= 15 is 0 Å². The first-order valence-corrected chi connectivity index (χ1v) is 6.53. The predicted molar refractivity (Wildman–Crippen MR) is 77.6 cm³/mol. The number of hydrogen-bond donors (Lipinski definition) is 2. The van der Waals surface area contributed by atoms with Gasteiger partial charge < -0.3 is 20.5 Å². The van der Waals surface area contributed by atoms with Crippen LogP contribution in [-0.4, -0.2) is 24.5 Å². The fourth-order valence-corrected chi connectivity index (χ4v) is 2.35. The lowest BCUT2D eigenvalue weighted by Gasteiger charge is -2.28. The lowest BCUT2D eigenvalue weighted by Crippen LogP contribution is -2.27. The van der Waals surface area contributed by atoms with E-state index in [1.165, 1.54) is 0 Å². The number of amides is 1. The Morgan fingerprint density at radius 2 is 2.29 bits per heavy atom. The summed E-state index contributed by atoms with van der Waals surface area (Å²) in [6.45, 7) is 0.530. The summed E-state index contributed by atoms with van der Waals surface area (Å²) in [5.74, 6) is 0.570. The zero-order valence-corrected chi connectivity index (χ0v) is 11.5. The Bertz CT molecular complexity index is 688. The van der Waals surface area contributed by atoms with Gasteiger partial charge in [-0.05, 0) is 24.3 Å². The molecule has 1 amide bonds. The first-order chi connectivity index (χ1) is 10.2. The third-order valence-corrected chi connectivity index (χ3v) is 3.34. The van der Waals surface area contributed by atoms with Crippen LogP contribution in [0.1, 0.15) is 22.2 Å². The number of fused-ring (bicyclic) bond motifs is 1. The molecular formula is C15H15N3O3. The minimum atomic E-state index is -0.526. The maximum Gasteiger partial charge on any atom is 0.252 e. The molecule has 1 unspecified atom stereocenters. The number of primary amides is 1. The summed E-state index contributed by atoms with van der Waals surface area (Å²) in [6, 6.07) is 8.86. The van der Waals surface area contributed by atoms with Crippen molar-refractivity contribution in [2.24, 2.45) is 5.73 Å². The molecule has 1 atom stereocenters. The number of benzene rings is 1. The van der Waals surface area contributed by atoms with Crippen molar-refractivity contribution in [3.63, 3.8) is 0 Å². The molecule has 0 fully saturated rings. The molecule has 6 nitrogen and oxygen atoms in total. The van der Waals surface area contributed by atoms with E-state index in [2.05, 4.69) is 10.3 Å². The Labute approximate surface area is 121 Å². The molecule has 0 radical (unpaired) electrons. The van der Waals surface area contributed by atoms with Crippen molar-refractivity contribution in [1.29, 1.82) is 0 Å². The SMILES string of the molecule is COc1cccnc1C1CNc2cccc(C(N)=O)c2O1. The number of methoxy groups -OCH3 is 1. The Balaban J connectivity index is 1.99. The fourth-order valence-electron chi connectivity index (χ4n) is 2.35. The molecule has 108 valence electrons. The molecule has 3 rings (SSSR count). The smallest absolute Gasteiger partial charge is 0.252 e. The van der Waals surface area contributed by atoms with Gasteiger partial charge in [0, 0.05) is 6.20 Å². The van der Waals surface area contributed by atoms with Crippen LogP contribution in [0.2, 0.25) is 0 Å². The van der Waals surface area contributed by atoms with Crippen molar-refractivity contribution < 1.29 is 14.3 Å².